The quantitative estimate of drug-likeness (QED) is 0.448. The molecule has 0 saturated carbocycles. The Bertz CT molecular complexity index is 944. The highest BCUT2D eigenvalue weighted by atomic mass is 16.5. The lowest BCUT2D eigenvalue weighted by Gasteiger charge is -2.11. The molecule has 3 rings (SSSR count). The summed E-state index contributed by atoms with van der Waals surface area (Å²) in [5.74, 6) is 0.341. The van der Waals surface area contributed by atoms with Gasteiger partial charge in [-0.3, -0.25) is 0 Å². The standard InChI is InChI=1S/C24H22O4/c1-27-21-13-11-19(12-14-21)22(24(25)26)17-20-9-5-6-10-23(20)28-16-15-18-7-3-2-4-8-18/h2-14,17H,15-16H2,1H3,(H,25,26)/b22-17-. The molecule has 3 aromatic carbocycles. The van der Waals surface area contributed by atoms with Gasteiger partial charge < -0.3 is 14.6 Å². The Hall–Kier alpha value is -3.53. The van der Waals surface area contributed by atoms with Crippen LogP contribution in [0.15, 0.2) is 78.9 Å². The number of methoxy groups -OCH3 is 1. The molecule has 0 unspecified atom stereocenters. The first-order chi connectivity index (χ1) is 13.7. The SMILES string of the molecule is COc1ccc(/C(=C/c2ccccc2OCCc2ccccc2)C(=O)O)cc1. The third-order valence-corrected chi connectivity index (χ3v) is 4.34. The molecule has 0 radical (unpaired) electrons. The fraction of sp³-hybridized carbons (Fsp3) is 0.125. The van der Waals surface area contributed by atoms with E-state index in [-0.39, 0.29) is 5.57 Å². The van der Waals surface area contributed by atoms with Crippen LogP contribution in [0.4, 0.5) is 0 Å². The summed E-state index contributed by atoms with van der Waals surface area (Å²) in [6, 6.07) is 24.5. The van der Waals surface area contributed by atoms with Gasteiger partial charge in [-0.2, -0.15) is 0 Å². The van der Waals surface area contributed by atoms with E-state index in [1.54, 1.807) is 37.5 Å². The molecule has 0 aromatic heterocycles. The van der Waals surface area contributed by atoms with E-state index in [0.29, 0.717) is 23.7 Å². The monoisotopic (exact) mass is 374 g/mol. The zero-order chi connectivity index (χ0) is 19.8. The van der Waals surface area contributed by atoms with Gasteiger partial charge in [0.25, 0.3) is 0 Å². The van der Waals surface area contributed by atoms with Crippen LogP contribution in [0.2, 0.25) is 0 Å². The van der Waals surface area contributed by atoms with Gasteiger partial charge in [0.1, 0.15) is 11.5 Å². The maximum atomic E-state index is 11.8. The first kappa shape index (κ1) is 19.2. The lowest BCUT2D eigenvalue weighted by molar-refractivity contribution is -0.130. The van der Waals surface area contributed by atoms with Crippen molar-refractivity contribution in [3.05, 3.63) is 95.6 Å². The van der Waals surface area contributed by atoms with Crippen LogP contribution in [-0.2, 0) is 11.2 Å². The van der Waals surface area contributed by atoms with Crippen LogP contribution in [0, 0.1) is 0 Å². The average molecular weight is 374 g/mol. The Kier molecular flexibility index (Phi) is 6.47. The van der Waals surface area contributed by atoms with Gasteiger partial charge in [0.2, 0.25) is 0 Å². The number of hydrogen-bond acceptors (Lipinski definition) is 3. The van der Waals surface area contributed by atoms with Gasteiger partial charge in [0, 0.05) is 12.0 Å². The molecule has 4 heteroatoms. The zero-order valence-corrected chi connectivity index (χ0v) is 15.7. The number of carboxylic acids is 1. The number of para-hydroxylation sites is 1. The van der Waals surface area contributed by atoms with Gasteiger partial charge in [-0.15, -0.1) is 0 Å². The number of carboxylic acid groups (broad SMARTS) is 1. The van der Waals surface area contributed by atoms with Crippen molar-refractivity contribution in [2.24, 2.45) is 0 Å². The van der Waals surface area contributed by atoms with Gasteiger partial charge in [-0.1, -0.05) is 60.7 Å². The van der Waals surface area contributed by atoms with Crippen LogP contribution in [0.5, 0.6) is 11.5 Å². The maximum absolute atomic E-state index is 11.8. The van der Waals surface area contributed by atoms with Gasteiger partial charge in [0.05, 0.1) is 19.3 Å². The van der Waals surface area contributed by atoms with Crippen molar-refractivity contribution < 1.29 is 19.4 Å². The molecular formula is C24H22O4. The van der Waals surface area contributed by atoms with Crippen molar-refractivity contribution in [3.63, 3.8) is 0 Å². The second kappa shape index (κ2) is 9.42. The topological polar surface area (TPSA) is 55.8 Å². The fourth-order valence-corrected chi connectivity index (χ4v) is 2.85. The molecule has 0 bridgehead atoms. The Labute approximate surface area is 164 Å². The first-order valence-electron chi connectivity index (χ1n) is 9.02. The summed E-state index contributed by atoms with van der Waals surface area (Å²) in [5, 5.41) is 9.69. The van der Waals surface area contributed by atoms with E-state index in [0.717, 1.165) is 12.0 Å². The Morgan fingerprint density at radius 2 is 1.61 bits per heavy atom. The highest BCUT2D eigenvalue weighted by molar-refractivity contribution is 6.20. The van der Waals surface area contributed by atoms with E-state index in [1.165, 1.54) is 5.56 Å². The number of rotatable bonds is 8. The Morgan fingerprint density at radius 3 is 2.29 bits per heavy atom. The summed E-state index contributed by atoms with van der Waals surface area (Å²) in [6.07, 6.45) is 2.42. The number of hydrogen-bond donors (Lipinski definition) is 1. The smallest absolute Gasteiger partial charge is 0.336 e. The number of aliphatic carboxylic acids is 1. The number of carbonyl (C=O) groups is 1. The minimum absolute atomic E-state index is 0.196. The molecule has 0 atom stereocenters. The summed E-state index contributed by atoms with van der Waals surface area (Å²) in [6.45, 7) is 0.514. The van der Waals surface area contributed by atoms with E-state index in [4.69, 9.17) is 9.47 Å². The molecule has 142 valence electrons. The van der Waals surface area contributed by atoms with Crippen molar-refractivity contribution >= 4 is 17.6 Å². The molecule has 0 aliphatic rings. The zero-order valence-electron chi connectivity index (χ0n) is 15.7. The lowest BCUT2D eigenvalue weighted by atomic mass is 10.0. The summed E-state index contributed by atoms with van der Waals surface area (Å²) in [5.41, 5.74) is 2.72. The molecule has 3 aromatic rings. The highest BCUT2D eigenvalue weighted by Crippen LogP contribution is 2.26. The summed E-state index contributed by atoms with van der Waals surface area (Å²) < 4.78 is 11.1. The molecule has 0 fully saturated rings. The molecule has 0 saturated heterocycles. The maximum Gasteiger partial charge on any atom is 0.336 e. The summed E-state index contributed by atoms with van der Waals surface area (Å²) in [4.78, 5) is 11.8. The van der Waals surface area contributed by atoms with Gasteiger partial charge >= 0.3 is 5.97 Å². The van der Waals surface area contributed by atoms with Crippen LogP contribution < -0.4 is 9.47 Å². The van der Waals surface area contributed by atoms with E-state index in [2.05, 4.69) is 12.1 Å². The van der Waals surface area contributed by atoms with Crippen molar-refractivity contribution in [1.29, 1.82) is 0 Å². The van der Waals surface area contributed by atoms with Gasteiger partial charge in [0.15, 0.2) is 0 Å². The third-order valence-electron chi connectivity index (χ3n) is 4.34. The number of benzene rings is 3. The molecule has 28 heavy (non-hydrogen) atoms. The molecule has 4 nitrogen and oxygen atoms in total. The second-order valence-electron chi connectivity index (χ2n) is 6.21. The third kappa shape index (κ3) is 5.01. The van der Waals surface area contributed by atoms with E-state index >= 15 is 0 Å². The van der Waals surface area contributed by atoms with E-state index in [9.17, 15) is 9.90 Å². The van der Waals surface area contributed by atoms with Gasteiger partial charge in [-0.25, -0.2) is 4.79 Å². The molecule has 1 N–H and O–H groups in total. The second-order valence-corrected chi connectivity index (χ2v) is 6.21. The summed E-state index contributed by atoms with van der Waals surface area (Å²) >= 11 is 0. The van der Waals surface area contributed by atoms with Crippen molar-refractivity contribution in [1.82, 2.24) is 0 Å². The van der Waals surface area contributed by atoms with Crippen LogP contribution in [0.1, 0.15) is 16.7 Å². The van der Waals surface area contributed by atoms with Crippen LogP contribution in [0.3, 0.4) is 0 Å². The van der Waals surface area contributed by atoms with Crippen LogP contribution in [0.25, 0.3) is 11.6 Å². The van der Waals surface area contributed by atoms with Crippen molar-refractivity contribution in [3.8, 4) is 11.5 Å². The first-order valence-corrected chi connectivity index (χ1v) is 9.02. The normalized spacial score (nSPS) is 11.1. The van der Waals surface area contributed by atoms with E-state index < -0.39 is 5.97 Å². The summed E-state index contributed by atoms with van der Waals surface area (Å²) in [7, 11) is 1.58. The van der Waals surface area contributed by atoms with Crippen LogP contribution in [-0.4, -0.2) is 24.8 Å². The minimum Gasteiger partial charge on any atom is -0.497 e. The fourth-order valence-electron chi connectivity index (χ4n) is 2.85. The Balaban J connectivity index is 1.81. The Morgan fingerprint density at radius 1 is 0.929 bits per heavy atom. The lowest BCUT2D eigenvalue weighted by Crippen LogP contribution is -2.03. The molecule has 0 heterocycles. The van der Waals surface area contributed by atoms with Crippen molar-refractivity contribution in [2.45, 2.75) is 6.42 Å². The highest BCUT2D eigenvalue weighted by Gasteiger charge is 2.12. The molecule has 0 aliphatic heterocycles. The molecular weight excluding hydrogens is 352 g/mol. The van der Waals surface area contributed by atoms with E-state index in [1.807, 2.05) is 42.5 Å². The van der Waals surface area contributed by atoms with Crippen molar-refractivity contribution in [2.75, 3.05) is 13.7 Å². The minimum atomic E-state index is -0.996. The van der Waals surface area contributed by atoms with Crippen LogP contribution >= 0.6 is 0 Å². The number of ether oxygens (including phenoxy) is 2. The predicted molar refractivity (Wildman–Crippen MR) is 111 cm³/mol. The molecule has 0 amide bonds. The largest absolute Gasteiger partial charge is 0.497 e. The average Bonchev–Trinajstić information content (AvgIpc) is 2.73. The van der Waals surface area contributed by atoms with Gasteiger partial charge in [-0.05, 0) is 35.4 Å². The predicted octanol–water partition coefficient (Wildman–Crippen LogP) is 4.94. The molecule has 0 spiro atoms. The molecule has 0 aliphatic carbocycles.